The average molecular weight is 275 g/mol. The quantitative estimate of drug-likeness (QED) is 0.834. The van der Waals surface area contributed by atoms with Gasteiger partial charge in [-0.3, -0.25) is 4.68 Å². The fourth-order valence-electron chi connectivity index (χ4n) is 2.53. The van der Waals surface area contributed by atoms with Crippen molar-refractivity contribution in [3.05, 3.63) is 53.4 Å². The van der Waals surface area contributed by atoms with Gasteiger partial charge < -0.3 is 0 Å². The fourth-order valence-corrected chi connectivity index (χ4v) is 2.66. The molecule has 0 spiro atoms. The normalized spacial score (nSPS) is 16.8. The monoisotopic (exact) mass is 274 g/mol. The first kappa shape index (κ1) is 12.7. The van der Waals surface area contributed by atoms with E-state index in [2.05, 4.69) is 29.1 Å². The molecule has 1 aromatic carbocycles. The Morgan fingerprint density at radius 3 is 2.68 bits per heavy atom. The highest BCUT2D eigenvalue weighted by atomic mass is 35.5. The van der Waals surface area contributed by atoms with Gasteiger partial charge in [-0.25, -0.2) is 4.98 Å². The first-order valence-electron chi connectivity index (χ1n) is 6.68. The van der Waals surface area contributed by atoms with Gasteiger partial charge in [0.2, 0.25) is 0 Å². The number of benzene rings is 1. The van der Waals surface area contributed by atoms with E-state index >= 15 is 0 Å². The highest BCUT2D eigenvalue weighted by Crippen LogP contribution is 2.43. The predicted octanol–water partition coefficient (Wildman–Crippen LogP) is 3.60. The Morgan fingerprint density at radius 1 is 1.37 bits per heavy atom. The van der Waals surface area contributed by atoms with E-state index in [9.17, 15) is 0 Å². The van der Waals surface area contributed by atoms with Gasteiger partial charge in [-0.2, -0.15) is 5.10 Å². The van der Waals surface area contributed by atoms with Gasteiger partial charge in [0.25, 0.3) is 0 Å². The molecular weight excluding hydrogens is 258 g/mol. The molecule has 1 heterocycles. The third kappa shape index (κ3) is 2.98. The van der Waals surface area contributed by atoms with E-state index in [1.807, 2.05) is 16.8 Å². The summed E-state index contributed by atoms with van der Waals surface area (Å²) in [5, 5.41) is 5.00. The molecule has 3 nitrogen and oxygen atoms in total. The summed E-state index contributed by atoms with van der Waals surface area (Å²) in [7, 11) is 0. The van der Waals surface area contributed by atoms with Crippen LogP contribution in [0, 0.1) is 17.8 Å². The van der Waals surface area contributed by atoms with Crippen molar-refractivity contribution in [1.82, 2.24) is 14.8 Å². The van der Waals surface area contributed by atoms with Crippen LogP contribution in [-0.2, 0) is 6.54 Å². The molecule has 1 aliphatic rings. The lowest BCUT2D eigenvalue weighted by Gasteiger charge is -2.23. The van der Waals surface area contributed by atoms with Crippen LogP contribution in [0.3, 0.4) is 0 Å². The van der Waals surface area contributed by atoms with Crippen molar-refractivity contribution >= 4 is 11.6 Å². The summed E-state index contributed by atoms with van der Waals surface area (Å²) in [5.74, 6) is 2.84. The second kappa shape index (κ2) is 5.33. The van der Waals surface area contributed by atoms with Crippen LogP contribution in [0.2, 0.25) is 5.02 Å². The molecule has 2 aromatic rings. The molecule has 1 aliphatic carbocycles. The molecule has 1 radical (unpaired) electrons. The van der Waals surface area contributed by atoms with E-state index in [4.69, 9.17) is 11.6 Å². The lowest BCUT2D eigenvalue weighted by Crippen LogP contribution is -2.19. The van der Waals surface area contributed by atoms with Crippen molar-refractivity contribution < 1.29 is 0 Å². The maximum absolute atomic E-state index is 5.98. The predicted molar refractivity (Wildman–Crippen MR) is 75.7 cm³/mol. The number of hydrogen-bond acceptors (Lipinski definition) is 2. The number of rotatable bonds is 5. The first-order chi connectivity index (χ1) is 9.24. The molecule has 0 amide bonds. The Bertz CT molecular complexity index is 517. The molecular formula is C15H17ClN3. The standard InChI is InChI=1S/C15H17ClN3/c1-11(12-2-3-12)15(8-19-10-17-9-18-19)13-4-6-14(16)7-5-13/h4-7,9-12H,2-3,8H2,1H3. The SMILES string of the molecule is CC([C](Cn1cncn1)c1ccc(Cl)cc1)C1CC1. The molecule has 0 N–H and O–H groups in total. The van der Waals surface area contributed by atoms with Crippen LogP contribution in [0.1, 0.15) is 25.3 Å². The summed E-state index contributed by atoms with van der Waals surface area (Å²) in [5.41, 5.74) is 1.26. The Kier molecular flexibility index (Phi) is 3.56. The van der Waals surface area contributed by atoms with Crippen LogP contribution < -0.4 is 0 Å². The minimum Gasteiger partial charge on any atom is -0.252 e. The van der Waals surface area contributed by atoms with Crippen LogP contribution in [0.4, 0.5) is 0 Å². The summed E-state index contributed by atoms with van der Waals surface area (Å²) in [4.78, 5) is 4.02. The zero-order valence-electron chi connectivity index (χ0n) is 11.0. The molecule has 0 aliphatic heterocycles. The van der Waals surface area contributed by atoms with E-state index in [-0.39, 0.29) is 0 Å². The lowest BCUT2D eigenvalue weighted by molar-refractivity contribution is 0.473. The minimum absolute atomic E-state index is 0.588. The van der Waals surface area contributed by atoms with Gasteiger partial charge in [-0.15, -0.1) is 0 Å². The Hall–Kier alpha value is -1.35. The maximum Gasteiger partial charge on any atom is 0.137 e. The number of halogens is 1. The zero-order chi connectivity index (χ0) is 13.2. The van der Waals surface area contributed by atoms with Crippen molar-refractivity contribution in [3.8, 4) is 0 Å². The molecule has 1 saturated carbocycles. The van der Waals surface area contributed by atoms with Gasteiger partial charge in [0.15, 0.2) is 0 Å². The molecule has 3 rings (SSSR count). The molecule has 1 unspecified atom stereocenters. The van der Waals surface area contributed by atoms with Crippen molar-refractivity contribution in [3.63, 3.8) is 0 Å². The molecule has 99 valence electrons. The van der Waals surface area contributed by atoms with Gasteiger partial charge in [0.05, 0.1) is 6.54 Å². The van der Waals surface area contributed by atoms with E-state index in [0.717, 1.165) is 17.5 Å². The molecule has 0 bridgehead atoms. The zero-order valence-corrected chi connectivity index (χ0v) is 11.7. The van der Waals surface area contributed by atoms with E-state index in [1.165, 1.54) is 24.3 Å². The second-order valence-electron chi connectivity index (χ2n) is 5.25. The summed E-state index contributed by atoms with van der Waals surface area (Å²) >= 11 is 5.98. The van der Waals surface area contributed by atoms with Crippen LogP contribution in [0.5, 0.6) is 0 Å². The third-order valence-corrected chi connectivity index (χ3v) is 4.14. The van der Waals surface area contributed by atoms with Crippen molar-refractivity contribution in [2.24, 2.45) is 11.8 Å². The van der Waals surface area contributed by atoms with Crippen molar-refractivity contribution in [2.75, 3.05) is 0 Å². The van der Waals surface area contributed by atoms with E-state index in [0.29, 0.717) is 5.92 Å². The van der Waals surface area contributed by atoms with Crippen molar-refractivity contribution in [2.45, 2.75) is 26.3 Å². The molecule has 19 heavy (non-hydrogen) atoms. The Balaban J connectivity index is 1.84. The van der Waals surface area contributed by atoms with Crippen LogP contribution >= 0.6 is 11.6 Å². The van der Waals surface area contributed by atoms with Gasteiger partial charge in [-0.1, -0.05) is 30.7 Å². The maximum atomic E-state index is 5.98. The topological polar surface area (TPSA) is 30.7 Å². The van der Waals surface area contributed by atoms with Gasteiger partial charge in [0.1, 0.15) is 12.7 Å². The molecule has 1 atom stereocenters. The summed E-state index contributed by atoms with van der Waals surface area (Å²) < 4.78 is 1.89. The first-order valence-corrected chi connectivity index (χ1v) is 7.06. The summed E-state index contributed by atoms with van der Waals surface area (Å²) in [6.07, 6.45) is 6.04. The van der Waals surface area contributed by atoms with E-state index in [1.54, 1.807) is 12.7 Å². The number of hydrogen-bond donors (Lipinski definition) is 0. The summed E-state index contributed by atoms with van der Waals surface area (Å²) in [6.45, 7) is 3.12. The number of aromatic nitrogens is 3. The molecule has 4 heteroatoms. The van der Waals surface area contributed by atoms with Crippen LogP contribution in [0.25, 0.3) is 0 Å². The lowest BCUT2D eigenvalue weighted by atomic mass is 9.84. The highest BCUT2D eigenvalue weighted by Gasteiger charge is 2.34. The van der Waals surface area contributed by atoms with Gasteiger partial charge in [-0.05, 0) is 42.4 Å². The Labute approximate surface area is 118 Å². The van der Waals surface area contributed by atoms with E-state index < -0.39 is 0 Å². The number of nitrogens with zero attached hydrogens (tertiary/aromatic N) is 3. The van der Waals surface area contributed by atoms with Crippen LogP contribution in [0.15, 0.2) is 36.9 Å². The minimum atomic E-state index is 0.588. The van der Waals surface area contributed by atoms with Crippen molar-refractivity contribution in [1.29, 1.82) is 0 Å². The smallest absolute Gasteiger partial charge is 0.137 e. The largest absolute Gasteiger partial charge is 0.252 e. The highest BCUT2D eigenvalue weighted by molar-refractivity contribution is 6.30. The van der Waals surface area contributed by atoms with Crippen LogP contribution in [-0.4, -0.2) is 14.8 Å². The average Bonchev–Trinajstić information content (AvgIpc) is 3.14. The Morgan fingerprint density at radius 2 is 2.11 bits per heavy atom. The molecule has 1 aromatic heterocycles. The van der Waals surface area contributed by atoms with Gasteiger partial charge in [0, 0.05) is 10.9 Å². The fraction of sp³-hybridized carbons (Fsp3) is 0.400. The molecule has 0 saturated heterocycles. The second-order valence-corrected chi connectivity index (χ2v) is 5.69. The summed E-state index contributed by atoms with van der Waals surface area (Å²) in [6, 6.07) is 8.12. The third-order valence-electron chi connectivity index (χ3n) is 3.89. The molecule has 1 fully saturated rings. The van der Waals surface area contributed by atoms with Gasteiger partial charge >= 0.3 is 0 Å².